The van der Waals surface area contributed by atoms with Gasteiger partial charge in [-0.15, -0.1) is 10.2 Å². The van der Waals surface area contributed by atoms with Gasteiger partial charge in [0.1, 0.15) is 5.75 Å². The van der Waals surface area contributed by atoms with Gasteiger partial charge in [-0.1, -0.05) is 48.8 Å². The second-order valence-electron chi connectivity index (χ2n) is 6.57. The summed E-state index contributed by atoms with van der Waals surface area (Å²) in [5.74, 6) is 1.71. The first-order chi connectivity index (χ1) is 11.4. The molecule has 2 aromatic carbocycles. The third-order valence-corrected chi connectivity index (χ3v) is 4.17. The molecule has 0 aliphatic carbocycles. The highest BCUT2D eigenvalue weighted by Gasteiger charge is 2.14. The molecule has 0 aliphatic heterocycles. The van der Waals surface area contributed by atoms with E-state index in [2.05, 4.69) is 59.0 Å². The molecule has 124 valence electrons. The van der Waals surface area contributed by atoms with Crippen LogP contribution in [0.1, 0.15) is 32.2 Å². The highest BCUT2D eigenvalue weighted by Crippen LogP contribution is 2.26. The molecular formula is C19H19BrN2O2. The van der Waals surface area contributed by atoms with Gasteiger partial charge in [-0.25, -0.2) is 0 Å². The molecule has 0 bridgehead atoms. The second kappa shape index (κ2) is 6.77. The minimum Gasteiger partial charge on any atom is -0.484 e. The molecule has 5 heteroatoms. The molecule has 0 aliphatic rings. The van der Waals surface area contributed by atoms with Crippen LogP contribution in [0.4, 0.5) is 0 Å². The van der Waals surface area contributed by atoms with Gasteiger partial charge in [-0.05, 0) is 47.4 Å². The molecule has 0 N–H and O–H groups in total. The summed E-state index contributed by atoms with van der Waals surface area (Å²) in [6.45, 7) is 6.81. The molecule has 3 aromatic rings. The van der Waals surface area contributed by atoms with E-state index in [9.17, 15) is 0 Å². The number of rotatable bonds is 4. The first-order valence-electron chi connectivity index (χ1n) is 7.73. The van der Waals surface area contributed by atoms with Gasteiger partial charge >= 0.3 is 0 Å². The standard InChI is InChI=1S/C19H19BrN2O2/c1-19(2,3)14-6-4-13(5-7-14)18-22-21-17(24-18)12-23-16-10-8-15(20)9-11-16/h4-11H,12H2,1-3H3. The van der Waals surface area contributed by atoms with Crippen LogP contribution in [0.15, 0.2) is 57.4 Å². The molecule has 4 nitrogen and oxygen atoms in total. The van der Waals surface area contributed by atoms with Crippen LogP contribution in [0.2, 0.25) is 0 Å². The Morgan fingerprint density at radius 2 is 1.62 bits per heavy atom. The number of aromatic nitrogens is 2. The number of halogens is 1. The van der Waals surface area contributed by atoms with E-state index in [1.165, 1.54) is 5.56 Å². The number of hydrogen-bond donors (Lipinski definition) is 0. The molecule has 0 fully saturated rings. The minimum atomic E-state index is 0.122. The first-order valence-corrected chi connectivity index (χ1v) is 8.53. The molecule has 1 heterocycles. The summed E-state index contributed by atoms with van der Waals surface area (Å²) in [5, 5.41) is 8.15. The Labute approximate surface area is 150 Å². The second-order valence-corrected chi connectivity index (χ2v) is 7.49. The first kappa shape index (κ1) is 16.7. The summed E-state index contributed by atoms with van der Waals surface area (Å²) in [5.41, 5.74) is 2.30. The largest absolute Gasteiger partial charge is 0.484 e. The summed E-state index contributed by atoms with van der Waals surface area (Å²) in [4.78, 5) is 0. The third-order valence-electron chi connectivity index (χ3n) is 3.64. The third kappa shape index (κ3) is 4.03. The highest BCUT2D eigenvalue weighted by atomic mass is 79.9. The van der Waals surface area contributed by atoms with Crippen molar-refractivity contribution in [2.45, 2.75) is 32.8 Å². The summed E-state index contributed by atoms with van der Waals surface area (Å²) >= 11 is 3.39. The lowest BCUT2D eigenvalue weighted by Crippen LogP contribution is -2.10. The zero-order valence-electron chi connectivity index (χ0n) is 13.9. The quantitative estimate of drug-likeness (QED) is 0.604. The van der Waals surface area contributed by atoms with Crippen molar-refractivity contribution in [1.29, 1.82) is 0 Å². The van der Waals surface area contributed by atoms with Gasteiger partial charge in [0, 0.05) is 10.0 Å². The SMILES string of the molecule is CC(C)(C)c1ccc(-c2nnc(COc3ccc(Br)cc3)o2)cc1. The molecule has 24 heavy (non-hydrogen) atoms. The molecular weight excluding hydrogens is 368 g/mol. The molecule has 3 rings (SSSR count). The average Bonchev–Trinajstić information content (AvgIpc) is 3.03. The predicted octanol–water partition coefficient (Wildman–Crippen LogP) is 5.38. The Morgan fingerprint density at radius 1 is 0.958 bits per heavy atom. The summed E-state index contributed by atoms with van der Waals surface area (Å²) in [7, 11) is 0. The number of ether oxygens (including phenoxy) is 1. The number of nitrogens with zero attached hydrogens (tertiary/aromatic N) is 2. The topological polar surface area (TPSA) is 48.2 Å². The Bertz CT molecular complexity index is 803. The Kier molecular flexibility index (Phi) is 4.71. The van der Waals surface area contributed by atoms with Gasteiger partial charge in [0.15, 0.2) is 6.61 Å². The fourth-order valence-corrected chi connectivity index (χ4v) is 2.48. The monoisotopic (exact) mass is 386 g/mol. The van der Waals surface area contributed by atoms with Gasteiger partial charge < -0.3 is 9.15 Å². The molecule has 0 atom stereocenters. The molecule has 0 unspecified atom stereocenters. The molecule has 0 radical (unpaired) electrons. The van der Waals surface area contributed by atoms with Crippen LogP contribution in [-0.2, 0) is 12.0 Å². The van der Waals surface area contributed by atoms with Crippen molar-refractivity contribution in [1.82, 2.24) is 10.2 Å². The molecule has 1 aromatic heterocycles. The van der Waals surface area contributed by atoms with Crippen LogP contribution in [-0.4, -0.2) is 10.2 Å². The lowest BCUT2D eigenvalue weighted by atomic mass is 9.87. The van der Waals surface area contributed by atoms with Crippen LogP contribution in [0, 0.1) is 0 Å². The van der Waals surface area contributed by atoms with Crippen molar-refractivity contribution in [3.8, 4) is 17.2 Å². The van der Waals surface area contributed by atoms with Gasteiger partial charge in [-0.2, -0.15) is 0 Å². The van der Waals surface area contributed by atoms with E-state index in [4.69, 9.17) is 9.15 Å². The van der Waals surface area contributed by atoms with Crippen LogP contribution >= 0.6 is 15.9 Å². The number of hydrogen-bond acceptors (Lipinski definition) is 4. The van der Waals surface area contributed by atoms with Crippen molar-refractivity contribution in [2.24, 2.45) is 0 Å². The van der Waals surface area contributed by atoms with E-state index in [0.29, 0.717) is 11.8 Å². The van der Waals surface area contributed by atoms with E-state index in [-0.39, 0.29) is 12.0 Å². The zero-order valence-corrected chi connectivity index (χ0v) is 15.5. The molecule has 0 spiro atoms. The summed E-state index contributed by atoms with van der Waals surface area (Å²) in [6, 6.07) is 15.8. The normalized spacial score (nSPS) is 11.5. The van der Waals surface area contributed by atoms with Crippen molar-refractivity contribution < 1.29 is 9.15 Å². The number of benzene rings is 2. The van der Waals surface area contributed by atoms with Crippen LogP contribution < -0.4 is 4.74 Å². The van der Waals surface area contributed by atoms with Crippen LogP contribution in [0.3, 0.4) is 0 Å². The maximum atomic E-state index is 5.68. The maximum absolute atomic E-state index is 5.68. The Morgan fingerprint density at radius 3 is 2.25 bits per heavy atom. The lowest BCUT2D eigenvalue weighted by Gasteiger charge is -2.18. The van der Waals surface area contributed by atoms with Crippen molar-refractivity contribution in [2.75, 3.05) is 0 Å². The van der Waals surface area contributed by atoms with Gasteiger partial charge in [0.2, 0.25) is 5.89 Å². The fourth-order valence-electron chi connectivity index (χ4n) is 2.22. The van der Waals surface area contributed by atoms with Crippen LogP contribution in [0.25, 0.3) is 11.5 Å². The van der Waals surface area contributed by atoms with Gasteiger partial charge in [0.25, 0.3) is 5.89 Å². The van der Waals surface area contributed by atoms with E-state index in [1.54, 1.807) is 0 Å². The predicted molar refractivity (Wildman–Crippen MR) is 96.9 cm³/mol. The molecule has 0 amide bonds. The maximum Gasteiger partial charge on any atom is 0.254 e. The van der Waals surface area contributed by atoms with Crippen molar-refractivity contribution in [3.05, 3.63) is 64.5 Å². The van der Waals surface area contributed by atoms with Crippen molar-refractivity contribution >= 4 is 15.9 Å². The van der Waals surface area contributed by atoms with Crippen molar-refractivity contribution in [3.63, 3.8) is 0 Å². The highest BCUT2D eigenvalue weighted by molar-refractivity contribution is 9.10. The summed E-state index contributed by atoms with van der Waals surface area (Å²) in [6.07, 6.45) is 0. The summed E-state index contributed by atoms with van der Waals surface area (Å²) < 4.78 is 12.3. The fraction of sp³-hybridized carbons (Fsp3) is 0.263. The average molecular weight is 387 g/mol. The molecule has 0 saturated heterocycles. The minimum absolute atomic E-state index is 0.122. The molecule has 0 saturated carbocycles. The van der Waals surface area contributed by atoms with E-state index in [1.807, 2.05) is 36.4 Å². The zero-order chi connectivity index (χ0) is 17.2. The van der Waals surface area contributed by atoms with E-state index >= 15 is 0 Å². The smallest absolute Gasteiger partial charge is 0.254 e. The van der Waals surface area contributed by atoms with Gasteiger partial charge in [-0.3, -0.25) is 0 Å². The lowest BCUT2D eigenvalue weighted by molar-refractivity contribution is 0.264. The van der Waals surface area contributed by atoms with E-state index in [0.717, 1.165) is 15.8 Å². The Hall–Kier alpha value is -2.14. The Balaban J connectivity index is 1.68. The van der Waals surface area contributed by atoms with Crippen LogP contribution in [0.5, 0.6) is 5.75 Å². The van der Waals surface area contributed by atoms with Gasteiger partial charge in [0.05, 0.1) is 0 Å². The van der Waals surface area contributed by atoms with E-state index < -0.39 is 0 Å².